The fraction of sp³-hybridized carbons (Fsp3) is 1.00. The van der Waals surface area contributed by atoms with Gasteiger partial charge in [0.1, 0.15) is 0 Å². The molecule has 2 fully saturated rings. The lowest BCUT2D eigenvalue weighted by atomic mass is 9.78. The van der Waals surface area contributed by atoms with Crippen LogP contribution in [0, 0.1) is 11.8 Å². The monoisotopic (exact) mass is 268 g/mol. The summed E-state index contributed by atoms with van der Waals surface area (Å²) in [5, 5.41) is 14.4. The van der Waals surface area contributed by atoms with E-state index in [1.165, 1.54) is 19.3 Å². The lowest BCUT2D eigenvalue weighted by molar-refractivity contribution is -0.0182. The second-order valence-electron chi connectivity index (χ2n) is 7.41. The minimum absolute atomic E-state index is 0.454. The van der Waals surface area contributed by atoms with Gasteiger partial charge >= 0.3 is 0 Å². The average molecular weight is 268 g/mol. The highest BCUT2D eigenvalue weighted by molar-refractivity contribution is 4.91. The molecule has 0 bridgehead atoms. The summed E-state index contributed by atoms with van der Waals surface area (Å²) < 4.78 is 0. The summed E-state index contributed by atoms with van der Waals surface area (Å²) in [6, 6.07) is 1.21. The van der Waals surface area contributed by atoms with E-state index in [2.05, 4.69) is 38.0 Å². The molecule has 3 heteroatoms. The standard InChI is InChI=1S/C16H32N2O/c1-12-6-5-7-16(19,9-12)11-17-15-8-14(3)18(4)10-13(15)2/h12-15,17,19H,5-11H2,1-4H3. The van der Waals surface area contributed by atoms with Crippen LogP contribution in [0.2, 0.25) is 0 Å². The van der Waals surface area contributed by atoms with Crippen molar-refractivity contribution in [3.8, 4) is 0 Å². The highest BCUT2D eigenvalue weighted by Gasteiger charge is 2.35. The van der Waals surface area contributed by atoms with Crippen LogP contribution in [0.25, 0.3) is 0 Å². The van der Waals surface area contributed by atoms with E-state index in [1.54, 1.807) is 0 Å². The fourth-order valence-corrected chi connectivity index (χ4v) is 3.94. The molecule has 2 N–H and O–H groups in total. The molecule has 1 saturated carbocycles. The molecule has 1 aliphatic heterocycles. The third-order valence-electron chi connectivity index (χ3n) is 5.37. The molecule has 112 valence electrons. The summed E-state index contributed by atoms with van der Waals surface area (Å²) in [4.78, 5) is 2.44. The normalized spacial score (nSPS) is 45.3. The van der Waals surface area contributed by atoms with Gasteiger partial charge in [0.2, 0.25) is 0 Å². The summed E-state index contributed by atoms with van der Waals surface area (Å²) in [6.45, 7) is 8.84. The summed E-state index contributed by atoms with van der Waals surface area (Å²) >= 11 is 0. The summed E-state index contributed by atoms with van der Waals surface area (Å²) in [6.07, 6.45) is 5.60. The summed E-state index contributed by atoms with van der Waals surface area (Å²) in [7, 11) is 2.22. The molecule has 0 aromatic heterocycles. The first-order chi connectivity index (χ1) is 8.89. The molecular formula is C16H32N2O. The maximum atomic E-state index is 10.7. The molecule has 5 atom stereocenters. The second-order valence-corrected chi connectivity index (χ2v) is 7.41. The van der Waals surface area contributed by atoms with Gasteiger partial charge in [0.25, 0.3) is 0 Å². The van der Waals surface area contributed by atoms with Crippen molar-refractivity contribution in [1.29, 1.82) is 0 Å². The molecule has 1 saturated heterocycles. The SMILES string of the molecule is CC1CCCC(O)(CNC2CC(C)N(C)CC2C)C1. The average Bonchev–Trinajstić information content (AvgIpc) is 2.32. The first-order valence-electron chi connectivity index (χ1n) is 8.05. The largest absolute Gasteiger partial charge is 0.389 e. The molecule has 0 aromatic rings. The molecule has 1 aliphatic carbocycles. The van der Waals surface area contributed by atoms with Gasteiger partial charge in [-0.15, -0.1) is 0 Å². The Morgan fingerprint density at radius 3 is 2.74 bits per heavy atom. The first kappa shape index (κ1) is 15.3. The number of likely N-dealkylation sites (tertiary alicyclic amines) is 1. The highest BCUT2D eigenvalue weighted by Crippen LogP contribution is 2.32. The van der Waals surface area contributed by atoms with Crippen LogP contribution in [-0.2, 0) is 0 Å². The van der Waals surface area contributed by atoms with Crippen molar-refractivity contribution in [2.45, 2.75) is 70.6 Å². The van der Waals surface area contributed by atoms with E-state index in [-0.39, 0.29) is 0 Å². The van der Waals surface area contributed by atoms with E-state index in [0.29, 0.717) is 23.9 Å². The lowest BCUT2D eigenvalue weighted by Crippen LogP contribution is -2.54. The molecule has 2 rings (SSSR count). The Balaban J connectivity index is 1.84. The molecule has 2 aliphatic rings. The van der Waals surface area contributed by atoms with Crippen molar-refractivity contribution in [2.75, 3.05) is 20.1 Å². The van der Waals surface area contributed by atoms with Crippen molar-refractivity contribution < 1.29 is 5.11 Å². The summed E-state index contributed by atoms with van der Waals surface area (Å²) in [5.41, 5.74) is -0.454. The number of hydrogen-bond acceptors (Lipinski definition) is 3. The minimum atomic E-state index is -0.454. The third kappa shape index (κ3) is 3.93. The fourth-order valence-electron chi connectivity index (χ4n) is 3.94. The molecule has 5 unspecified atom stereocenters. The smallest absolute Gasteiger partial charge is 0.0774 e. The quantitative estimate of drug-likeness (QED) is 0.824. The van der Waals surface area contributed by atoms with E-state index < -0.39 is 5.60 Å². The molecule has 0 aromatic carbocycles. The van der Waals surface area contributed by atoms with Crippen molar-refractivity contribution in [3.63, 3.8) is 0 Å². The van der Waals surface area contributed by atoms with Gasteiger partial charge in [-0.1, -0.05) is 26.7 Å². The van der Waals surface area contributed by atoms with Crippen LogP contribution < -0.4 is 5.32 Å². The maximum absolute atomic E-state index is 10.7. The predicted octanol–water partition coefficient (Wildman–Crippen LogP) is 2.25. The van der Waals surface area contributed by atoms with E-state index >= 15 is 0 Å². The Hall–Kier alpha value is -0.120. The van der Waals surface area contributed by atoms with E-state index in [9.17, 15) is 5.11 Å². The number of aliphatic hydroxyl groups is 1. The van der Waals surface area contributed by atoms with Crippen molar-refractivity contribution in [1.82, 2.24) is 10.2 Å². The van der Waals surface area contributed by atoms with Crippen LogP contribution in [0.4, 0.5) is 0 Å². The van der Waals surface area contributed by atoms with Gasteiger partial charge in [-0.3, -0.25) is 0 Å². The Kier molecular flexibility index (Phi) is 4.91. The summed E-state index contributed by atoms with van der Waals surface area (Å²) in [5.74, 6) is 1.35. The van der Waals surface area contributed by atoms with Crippen LogP contribution in [0.15, 0.2) is 0 Å². The zero-order valence-electron chi connectivity index (χ0n) is 13.2. The van der Waals surface area contributed by atoms with Gasteiger partial charge in [-0.05, 0) is 45.1 Å². The Bertz CT molecular complexity index is 296. The molecule has 19 heavy (non-hydrogen) atoms. The molecule has 1 heterocycles. The minimum Gasteiger partial charge on any atom is -0.389 e. The number of rotatable bonds is 3. The van der Waals surface area contributed by atoms with Gasteiger partial charge in [0.15, 0.2) is 0 Å². The van der Waals surface area contributed by atoms with E-state index in [1.807, 2.05) is 0 Å². The number of nitrogens with one attached hydrogen (secondary N) is 1. The van der Waals surface area contributed by atoms with Crippen LogP contribution >= 0.6 is 0 Å². The maximum Gasteiger partial charge on any atom is 0.0774 e. The van der Waals surface area contributed by atoms with Gasteiger partial charge < -0.3 is 15.3 Å². The van der Waals surface area contributed by atoms with Crippen LogP contribution in [-0.4, -0.2) is 47.8 Å². The zero-order valence-corrected chi connectivity index (χ0v) is 13.2. The van der Waals surface area contributed by atoms with Gasteiger partial charge in [-0.2, -0.15) is 0 Å². The predicted molar refractivity (Wildman–Crippen MR) is 80.2 cm³/mol. The number of nitrogens with zero attached hydrogens (tertiary/aromatic N) is 1. The number of piperidine rings is 1. The Morgan fingerprint density at radius 2 is 2.05 bits per heavy atom. The van der Waals surface area contributed by atoms with E-state index in [4.69, 9.17) is 0 Å². The highest BCUT2D eigenvalue weighted by atomic mass is 16.3. The zero-order chi connectivity index (χ0) is 14.0. The topological polar surface area (TPSA) is 35.5 Å². The van der Waals surface area contributed by atoms with Crippen molar-refractivity contribution >= 4 is 0 Å². The van der Waals surface area contributed by atoms with Crippen molar-refractivity contribution in [2.24, 2.45) is 11.8 Å². The third-order valence-corrected chi connectivity index (χ3v) is 5.37. The molecule has 0 radical (unpaired) electrons. The van der Waals surface area contributed by atoms with Crippen molar-refractivity contribution in [3.05, 3.63) is 0 Å². The Labute approximate surface area is 118 Å². The lowest BCUT2D eigenvalue weighted by Gasteiger charge is -2.42. The number of hydrogen-bond donors (Lipinski definition) is 2. The molecule has 0 amide bonds. The molecule has 0 spiro atoms. The Morgan fingerprint density at radius 1 is 1.32 bits per heavy atom. The van der Waals surface area contributed by atoms with Crippen LogP contribution in [0.1, 0.15) is 52.9 Å². The molecule has 3 nitrogen and oxygen atoms in total. The first-order valence-corrected chi connectivity index (χ1v) is 8.05. The van der Waals surface area contributed by atoms with E-state index in [0.717, 1.165) is 25.9 Å². The second kappa shape index (κ2) is 6.11. The van der Waals surface area contributed by atoms with Gasteiger partial charge in [-0.25, -0.2) is 0 Å². The van der Waals surface area contributed by atoms with Gasteiger partial charge in [0.05, 0.1) is 5.60 Å². The van der Waals surface area contributed by atoms with Gasteiger partial charge in [0, 0.05) is 25.2 Å². The van der Waals surface area contributed by atoms with Crippen LogP contribution in [0.5, 0.6) is 0 Å². The molecular weight excluding hydrogens is 236 g/mol. The van der Waals surface area contributed by atoms with Crippen LogP contribution in [0.3, 0.4) is 0 Å².